The van der Waals surface area contributed by atoms with Crippen molar-refractivity contribution in [2.45, 2.75) is 13.3 Å². The van der Waals surface area contributed by atoms with Crippen LogP contribution in [-0.2, 0) is 16.0 Å². The molecule has 1 atom stereocenters. The summed E-state index contributed by atoms with van der Waals surface area (Å²) in [6.45, 7) is 6.60. The Morgan fingerprint density at radius 1 is 1.17 bits per heavy atom. The molecule has 1 aliphatic heterocycles. The predicted molar refractivity (Wildman–Crippen MR) is 114 cm³/mol. The van der Waals surface area contributed by atoms with Crippen molar-refractivity contribution in [2.75, 3.05) is 36.6 Å². The minimum atomic E-state index is -0.305. The molecule has 0 saturated heterocycles. The van der Waals surface area contributed by atoms with Gasteiger partial charge in [0, 0.05) is 6.54 Å². The number of amides is 2. The number of allylic oxidation sites excluding steroid dienone is 1. The summed E-state index contributed by atoms with van der Waals surface area (Å²) < 4.78 is 11.4. The SMILES string of the molecule is C=CCc1ccc(OCCN2C(=O)C(C)CN(C=O)c3ccccc32)c(OC)c1. The van der Waals surface area contributed by atoms with E-state index >= 15 is 0 Å². The fourth-order valence-electron chi connectivity index (χ4n) is 3.49. The van der Waals surface area contributed by atoms with Gasteiger partial charge in [0.05, 0.1) is 30.9 Å². The van der Waals surface area contributed by atoms with E-state index in [4.69, 9.17) is 9.47 Å². The van der Waals surface area contributed by atoms with E-state index in [1.54, 1.807) is 16.9 Å². The van der Waals surface area contributed by atoms with E-state index in [0.29, 0.717) is 36.9 Å². The van der Waals surface area contributed by atoms with Crippen LogP contribution in [0.1, 0.15) is 12.5 Å². The number of carbonyl (C=O) groups excluding carboxylic acids is 2. The van der Waals surface area contributed by atoms with E-state index < -0.39 is 0 Å². The van der Waals surface area contributed by atoms with Gasteiger partial charge >= 0.3 is 0 Å². The summed E-state index contributed by atoms with van der Waals surface area (Å²) in [4.78, 5) is 27.8. The third kappa shape index (κ3) is 4.42. The van der Waals surface area contributed by atoms with Gasteiger partial charge in [-0.15, -0.1) is 6.58 Å². The minimum Gasteiger partial charge on any atom is -0.493 e. The summed E-state index contributed by atoms with van der Waals surface area (Å²) in [5.74, 6) is 0.935. The molecule has 0 N–H and O–H groups in total. The summed E-state index contributed by atoms with van der Waals surface area (Å²) in [5, 5.41) is 0. The smallest absolute Gasteiger partial charge is 0.231 e. The lowest BCUT2D eigenvalue weighted by Gasteiger charge is -2.24. The van der Waals surface area contributed by atoms with Crippen LogP contribution in [0.2, 0.25) is 0 Å². The number of nitrogens with zero attached hydrogens (tertiary/aromatic N) is 2. The summed E-state index contributed by atoms with van der Waals surface area (Å²) in [6, 6.07) is 13.2. The first kappa shape index (κ1) is 20.5. The van der Waals surface area contributed by atoms with Crippen LogP contribution in [0, 0.1) is 5.92 Å². The van der Waals surface area contributed by atoms with E-state index in [9.17, 15) is 9.59 Å². The van der Waals surface area contributed by atoms with Crippen molar-refractivity contribution < 1.29 is 19.1 Å². The maximum atomic E-state index is 12.9. The van der Waals surface area contributed by atoms with Crippen molar-refractivity contribution >= 4 is 23.7 Å². The highest BCUT2D eigenvalue weighted by Gasteiger charge is 2.30. The zero-order valence-electron chi connectivity index (χ0n) is 16.8. The van der Waals surface area contributed by atoms with Gasteiger partial charge in [0.2, 0.25) is 12.3 Å². The molecule has 0 aliphatic carbocycles. The van der Waals surface area contributed by atoms with Crippen LogP contribution in [0.5, 0.6) is 11.5 Å². The molecule has 0 aromatic heterocycles. The number of carbonyl (C=O) groups is 2. The van der Waals surface area contributed by atoms with Gasteiger partial charge in [-0.05, 0) is 36.2 Å². The van der Waals surface area contributed by atoms with Gasteiger partial charge in [0.15, 0.2) is 11.5 Å². The van der Waals surface area contributed by atoms with Crippen LogP contribution in [-0.4, -0.2) is 39.1 Å². The highest BCUT2D eigenvalue weighted by atomic mass is 16.5. The van der Waals surface area contributed by atoms with Crippen molar-refractivity contribution in [3.8, 4) is 11.5 Å². The largest absolute Gasteiger partial charge is 0.493 e. The van der Waals surface area contributed by atoms with Crippen LogP contribution < -0.4 is 19.3 Å². The molecule has 0 bridgehead atoms. The van der Waals surface area contributed by atoms with Gasteiger partial charge in [-0.2, -0.15) is 0 Å². The number of para-hydroxylation sites is 2. The fraction of sp³-hybridized carbons (Fsp3) is 0.304. The molecule has 0 radical (unpaired) electrons. The second-order valence-corrected chi connectivity index (χ2v) is 6.96. The molecule has 6 heteroatoms. The third-order valence-electron chi connectivity index (χ3n) is 4.95. The minimum absolute atomic E-state index is 0.0290. The Balaban J connectivity index is 1.78. The number of hydrogen-bond donors (Lipinski definition) is 0. The van der Waals surface area contributed by atoms with Crippen molar-refractivity contribution in [1.29, 1.82) is 0 Å². The molecule has 0 saturated carbocycles. The Bertz CT molecular complexity index is 896. The first-order valence-corrected chi connectivity index (χ1v) is 9.62. The molecular weight excluding hydrogens is 368 g/mol. The molecule has 0 spiro atoms. The van der Waals surface area contributed by atoms with Gasteiger partial charge in [-0.1, -0.05) is 31.2 Å². The molecule has 3 rings (SSSR count). The summed E-state index contributed by atoms with van der Waals surface area (Å²) in [5.41, 5.74) is 2.53. The lowest BCUT2D eigenvalue weighted by molar-refractivity contribution is -0.121. The van der Waals surface area contributed by atoms with Crippen molar-refractivity contribution in [1.82, 2.24) is 0 Å². The first-order valence-electron chi connectivity index (χ1n) is 9.62. The van der Waals surface area contributed by atoms with Crippen LogP contribution >= 0.6 is 0 Å². The summed E-state index contributed by atoms with van der Waals surface area (Å²) >= 11 is 0. The van der Waals surface area contributed by atoms with E-state index in [1.165, 1.54) is 0 Å². The van der Waals surface area contributed by atoms with Crippen LogP contribution in [0.15, 0.2) is 55.1 Å². The van der Waals surface area contributed by atoms with Gasteiger partial charge in [-0.3, -0.25) is 9.59 Å². The highest BCUT2D eigenvalue weighted by molar-refractivity contribution is 6.02. The quantitative estimate of drug-likeness (QED) is 0.508. The zero-order valence-corrected chi connectivity index (χ0v) is 16.8. The standard InChI is InChI=1S/C23H26N2O4/c1-4-7-18-10-11-21(22(14-18)28-3)29-13-12-25-20-9-6-5-8-19(20)24(16-26)15-17(2)23(25)27/h4-6,8-11,14,16-17H,1,7,12-13,15H2,2-3H3. The lowest BCUT2D eigenvalue weighted by atomic mass is 10.1. The van der Waals surface area contributed by atoms with E-state index in [0.717, 1.165) is 24.1 Å². The van der Waals surface area contributed by atoms with Crippen LogP contribution in [0.3, 0.4) is 0 Å². The molecular formula is C23H26N2O4. The number of methoxy groups -OCH3 is 1. The van der Waals surface area contributed by atoms with Crippen molar-refractivity contribution in [2.24, 2.45) is 5.92 Å². The van der Waals surface area contributed by atoms with E-state index in [-0.39, 0.29) is 11.8 Å². The number of ether oxygens (including phenoxy) is 2. The van der Waals surface area contributed by atoms with Crippen LogP contribution in [0.25, 0.3) is 0 Å². The highest BCUT2D eigenvalue weighted by Crippen LogP contribution is 2.33. The molecule has 29 heavy (non-hydrogen) atoms. The third-order valence-corrected chi connectivity index (χ3v) is 4.95. The van der Waals surface area contributed by atoms with Gasteiger partial charge < -0.3 is 19.3 Å². The van der Waals surface area contributed by atoms with E-state index in [1.807, 2.05) is 55.5 Å². The Hall–Kier alpha value is -3.28. The number of hydrogen-bond acceptors (Lipinski definition) is 4. The lowest BCUT2D eigenvalue weighted by Crippen LogP contribution is -2.38. The molecule has 6 nitrogen and oxygen atoms in total. The average Bonchev–Trinajstić information content (AvgIpc) is 2.84. The maximum absolute atomic E-state index is 12.9. The Morgan fingerprint density at radius 2 is 1.93 bits per heavy atom. The molecule has 152 valence electrons. The maximum Gasteiger partial charge on any atom is 0.231 e. The van der Waals surface area contributed by atoms with Gasteiger partial charge in [0.1, 0.15) is 6.61 Å². The second-order valence-electron chi connectivity index (χ2n) is 6.96. The Kier molecular flexibility index (Phi) is 6.54. The molecule has 1 heterocycles. The molecule has 0 fully saturated rings. The number of fused-ring (bicyclic) bond motifs is 1. The number of anilines is 2. The van der Waals surface area contributed by atoms with Crippen molar-refractivity contribution in [3.05, 3.63) is 60.7 Å². The number of benzene rings is 2. The first-order chi connectivity index (χ1) is 14.1. The normalized spacial score (nSPS) is 16.1. The molecule has 2 amide bonds. The monoisotopic (exact) mass is 394 g/mol. The molecule has 1 unspecified atom stereocenters. The summed E-state index contributed by atoms with van der Waals surface area (Å²) in [7, 11) is 1.60. The zero-order chi connectivity index (χ0) is 20.8. The Labute approximate surface area is 171 Å². The van der Waals surface area contributed by atoms with Gasteiger partial charge in [0.25, 0.3) is 0 Å². The van der Waals surface area contributed by atoms with Crippen molar-refractivity contribution in [3.63, 3.8) is 0 Å². The van der Waals surface area contributed by atoms with Gasteiger partial charge in [-0.25, -0.2) is 0 Å². The molecule has 2 aromatic rings. The topological polar surface area (TPSA) is 59.1 Å². The summed E-state index contributed by atoms with van der Waals surface area (Å²) in [6.07, 6.45) is 3.36. The van der Waals surface area contributed by atoms with Crippen LogP contribution in [0.4, 0.5) is 11.4 Å². The van der Waals surface area contributed by atoms with E-state index in [2.05, 4.69) is 6.58 Å². The number of rotatable bonds is 8. The average molecular weight is 394 g/mol. The predicted octanol–water partition coefficient (Wildman–Crippen LogP) is 3.45. The Morgan fingerprint density at radius 3 is 2.62 bits per heavy atom. The fourth-order valence-corrected chi connectivity index (χ4v) is 3.49. The second kappa shape index (κ2) is 9.28. The molecule has 2 aromatic carbocycles. The molecule has 1 aliphatic rings.